The van der Waals surface area contributed by atoms with Gasteiger partial charge in [0.25, 0.3) is 11.1 Å². The number of ketones is 1. The Labute approximate surface area is 178 Å². The van der Waals surface area contributed by atoms with Crippen molar-refractivity contribution in [2.24, 2.45) is 0 Å². The highest BCUT2D eigenvalue weighted by Gasteiger charge is 2.23. The number of ether oxygens (including phenoxy) is 2. The molecule has 0 aliphatic carbocycles. The van der Waals surface area contributed by atoms with Crippen molar-refractivity contribution in [3.63, 3.8) is 0 Å². The number of esters is 1. The first-order valence-corrected chi connectivity index (χ1v) is 10.4. The third-order valence-electron chi connectivity index (χ3n) is 4.32. The second-order valence-corrected chi connectivity index (χ2v) is 7.55. The van der Waals surface area contributed by atoms with Gasteiger partial charge in [0.05, 0.1) is 12.4 Å². The van der Waals surface area contributed by atoms with E-state index in [-0.39, 0.29) is 30.0 Å². The van der Waals surface area contributed by atoms with E-state index in [1.54, 1.807) is 20.8 Å². The molecule has 0 fully saturated rings. The predicted octanol–water partition coefficient (Wildman–Crippen LogP) is 4.05. The van der Waals surface area contributed by atoms with Gasteiger partial charge in [0.1, 0.15) is 11.4 Å². The third kappa shape index (κ3) is 5.10. The van der Waals surface area contributed by atoms with Gasteiger partial charge in [-0.2, -0.15) is 0 Å². The number of hydrogen-bond donors (Lipinski definition) is 1. The van der Waals surface area contributed by atoms with Crippen molar-refractivity contribution in [2.75, 3.05) is 12.4 Å². The Balaban J connectivity index is 1.58. The largest absolute Gasteiger partial charge is 0.484 e. The van der Waals surface area contributed by atoms with Crippen molar-refractivity contribution < 1.29 is 23.5 Å². The van der Waals surface area contributed by atoms with E-state index in [9.17, 15) is 9.59 Å². The molecule has 0 aliphatic rings. The Hall–Kier alpha value is -3.07. The Morgan fingerprint density at radius 3 is 2.73 bits per heavy atom. The molecule has 3 rings (SSSR count). The van der Waals surface area contributed by atoms with Crippen molar-refractivity contribution in [1.29, 1.82) is 0 Å². The minimum Gasteiger partial charge on any atom is -0.484 e. The number of aromatic amines is 1. The molecular formula is C21H23N3O5S. The first-order chi connectivity index (χ1) is 14.4. The smallest absolute Gasteiger partial charge is 0.355 e. The summed E-state index contributed by atoms with van der Waals surface area (Å²) in [5.74, 6) is 0.526. The van der Waals surface area contributed by atoms with Crippen molar-refractivity contribution >= 4 is 23.5 Å². The van der Waals surface area contributed by atoms with Crippen molar-refractivity contribution in [2.45, 2.75) is 39.5 Å². The van der Waals surface area contributed by atoms with Gasteiger partial charge in [-0.15, -0.1) is 10.2 Å². The zero-order valence-electron chi connectivity index (χ0n) is 17.3. The van der Waals surface area contributed by atoms with Crippen LogP contribution in [0.1, 0.15) is 50.5 Å². The van der Waals surface area contributed by atoms with Gasteiger partial charge in [-0.3, -0.25) is 4.79 Å². The Bertz CT molecular complexity index is 1060. The average Bonchev–Trinajstić information content (AvgIpc) is 3.28. The molecule has 0 saturated carbocycles. The normalized spacial score (nSPS) is 10.8. The van der Waals surface area contributed by atoms with Crippen LogP contribution in [0.3, 0.4) is 0 Å². The highest BCUT2D eigenvalue weighted by atomic mass is 32.2. The molecule has 0 bridgehead atoms. The SMILES string of the molecule is CCOC(=O)c1[nH]c(C)c(C(=O)CSc2nnc(COc3cccc(C)c3)o2)c1C. The minimum atomic E-state index is -0.472. The van der Waals surface area contributed by atoms with Gasteiger partial charge in [-0.25, -0.2) is 4.79 Å². The van der Waals surface area contributed by atoms with E-state index < -0.39 is 5.97 Å². The molecule has 0 atom stereocenters. The van der Waals surface area contributed by atoms with Crippen LogP contribution in [0.25, 0.3) is 0 Å². The lowest BCUT2D eigenvalue weighted by Gasteiger charge is -2.03. The lowest BCUT2D eigenvalue weighted by molar-refractivity contribution is 0.0519. The zero-order chi connectivity index (χ0) is 21.7. The molecule has 30 heavy (non-hydrogen) atoms. The van der Waals surface area contributed by atoms with Gasteiger partial charge in [0, 0.05) is 11.3 Å². The van der Waals surface area contributed by atoms with E-state index in [1.807, 2.05) is 31.2 Å². The first-order valence-electron chi connectivity index (χ1n) is 9.43. The summed E-state index contributed by atoms with van der Waals surface area (Å²) in [6.07, 6.45) is 0. The van der Waals surface area contributed by atoms with Crippen LogP contribution in [0.2, 0.25) is 0 Å². The summed E-state index contributed by atoms with van der Waals surface area (Å²) >= 11 is 1.14. The summed E-state index contributed by atoms with van der Waals surface area (Å²) < 4.78 is 16.2. The average molecular weight is 429 g/mol. The summed E-state index contributed by atoms with van der Waals surface area (Å²) in [7, 11) is 0. The number of H-pyrrole nitrogens is 1. The molecule has 2 heterocycles. The number of rotatable bonds is 9. The number of nitrogens with one attached hydrogen (secondary N) is 1. The maximum absolute atomic E-state index is 12.7. The van der Waals surface area contributed by atoms with Crippen LogP contribution in [0, 0.1) is 20.8 Å². The van der Waals surface area contributed by atoms with E-state index in [4.69, 9.17) is 13.9 Å². The Kier molecular flexibility index (Phi) is 6.94. The molecule has 158 valence electrons. The van der Waals surface area contributed by atoms with Crippen LogP contribution in [0.15, 0.2) is 33.9 Å². The monoisotopic (exact) mass is 429 g/mol. The van der Waals surface area contributed by atoms with E-state index in [0.29, 0.717) is 34.2 Å². The van der Waals surface area contributed by atoms with Gasteiger partial charge >= 0.3 is 5.97 Å². The van der Waals surface area contributed by atoms with Crippen LogP contribution in [-0.4, -0.2) is 39.3 Å². The van der Waals surface area contributed by atoms with Crippen LogP contribution in [0.5, 0.6) is 5.75 Å². The van der Waals surface area contributed by atoms with Gasteiger partial charge in [0.15, 0.2) is 12.4 Å². The number of hydrogen-bond acceptors (Lipinski definition) is 8. The molecule has 0 unspecified atom stereocenters. The van der Waals surface area contributed by atoms with Gasteiger partial charge < -0.3 is 18.9 Å². The van der Waals surface area contributed by atoms with Crippen LogP contribution in [0.4, 0.5) is 0 Å². The number of aromatic nitrogens is 3. The molecule has 2 aromatic heterocycles. The van der Waals surface area contributed by atoms with Gasteiger partial charge in [-0.05, 0) is 51.0 Å². The highest BCUT2D eigenvalue weighted by Crippen LogP contribution is 2.24. The number of aryl methyl sites for hydroxylation is 2. The molecule has 0 aliphatic heterocycles. The second kappa shape index (κ2) is 9.62. The standard InChI is InChI=1S/C21H23N3O5S/c1-5-27-20(26)19-13(3)18(14(4)22-19)16(25)11-30-21-24-23-17(29-21)10-28-15-8-6-7-12(2)9-15/h6-9,22H,5,10-11H2,1-4H3. The highest BCUT2D eigenvalue weighted by molar-refractivity contribution is 7.99. The molecule has 0 amide bonds. The first kappa shape index (κ1) is 21.6. The summed E-state index contributed by atoms with van der Waals surface area (Å²) in [5.41, 5.74) is 3.08. The lowest BCUT2D eigenvalue weighted by atomic mass is 10.1. The molecule has 0 spiro atoms. The fourth-order valence-corrected chi connectivity index (χ4v) is 3.63. The Morgan fingerprint density at radius 2 is 2.00 bits per heavy atom. The molecule has 1 aromatic carbocycles. The molecule has 3 aromatic rings. The summed E-state index contributed by atoms with van der Waals surface area (Å²) in [4.78, 5) is 27.6. The van der Waals surface area contributed by atoms with E-state index in [2.05, 4.69) is 15.2 Å². The summed E-state index contributed by atoms with van der Waals surface area (Å²) in [6.45, 7) is 7.60. The quantitative estimate of drug-likeness (QED) is 0.308. The number of Topliss-reactive ketones (excluding diaryl/α,β-unsaturated/α-hetero) is 1. The number of carbonyl (C=O) groups is 2. The van der Waals surface area contributed by atoms with E-state index in [0.717, 1.165) is 17.3 Å². The second-order valence-electron chi connectivity index (χ2n) is 6.62. The fourth-order valence-electron chi connectivity index (χ4n) is 2.98. The van der Waals surface area contributed by atoms with E-state index in [1.165, 1.54) is 0 Å². The van der Waals surface area contributed by atoms with Crippen molar-refractivity contribution in [3.05, 3.63) is 58.2 Å². The lowest BCUT2D eigenvalue weighted by Crippen LogP contribution is -2.08. The molecule has 0 radical (unpaired) electrons. The van der Waals surface area contributed by atoms with Gasteiger partial charge in [0.2, 0.25) is 0 Å². The molecular weight excluding hydrogens is 406 g/mol. The van der Waals surface area contributed by atoms with Crippen molar-refractivity contribution in [3.8, 4) is 5.75 Å². The van der Waals surface area contributed by atoms with E-state index >= 15 is 0 Å². The zero-order valence-corrected chi connectivity index (χ0v) is 18.1. The topological polar surface area (TPSA) is 107 Å². The molecule has 9 heteroatoms. The molecule has 1 N–H and O–H groups in total. The predicted molar refractivity (Wildman–Crippen MR) is 111 cm³/mol. The van der Waals surface area contributed by atoms with Crippen LogP contribution in [-0.2, 0) is 11.3 Å². The van der Waals surface area contributed by atoms with Crippen LogP contribution >= 0.6 is 11.8 Å². The number of thioether (sulfide) groups is 1. The maximum Gasteiger partial charge on any atom is 0.355 e. The molecule has 8 nitrogen and oxygen atoms in total. The number of nitrogens with zero attached hydrogens (tertiary/aromatic N) is 2. The third-order valence-corrected chi connectivity index (χ3v) is 5.14. The van der Waals surface area contributed by atoms with Crippen LogP contribution < -0.4 is 4.74 Å². The van der Waals surface area contributed by atoms with Gasteiger partial charge in [-0.1, -0.05) is 23.9 Å². The number of benzene rings is 1. The molecule has 0 saturated heterocycles. The summed E-state index contributed by atoms with van der Waals surface area (Å²) in [5, 5.41) is 8.17. The summed E-state index contributed by atoms with van der Waals surface area (Å²) in [6, 6.07) is 7.65. The maximum atomic E-state index is 12.7. The minimum absolute atomic E-state index is 0.0994. The fraction of sp³-hybridized carbons (Fsp3) is 0.333. The number of carbonyl (C=O) groups excluding carboxylic acids is 2. The Morgan fingerprint density at radius 1 is 1.20 bits per heavy atom. The van der Waals surface area contributed by atoms with Crippen molar-refractivity contribution in [1.82, 2.24) is 15.2 Å².